The van der Waals surface area contributed by atoms with E-state index >= 15 is 0 Å². The zero-order valence-corrected chi connectivity index (χ0v) is 8.11. The molecular formula is C7H10ClNO5. The Kier molecular flexibility index (Phi) is 4.93. The van der Waals surface area contributed by atoms with Crippen LogP contribution in [0.4, 0.5) is 0 Å². The first-order valence-corrected chi connectivity index (χ1v) is 4.24. The van der Waals surface area contributed by atoms with E-state index in [2.05, 4.69) is 0 Å². The van der Waals surface area contributed by atoms with Gasteiger partial charge in [0.15, 0.2) is 0 Å². The maximum absolute atomic E-state index is 10.8. The molecule has 0 saturated heterocycles. The van der Waals surface area contributed by atoms with Crippen molar-refractivity contribution in [2.45, 2.75) is 13.0 Å². The third-order valence-corrected chi connectivity index (χ3v) is 1.84. The zero-order chi connectivity index (χ0) is 11.3. The van der Waals surface area contributed by atoms with Gasteiger partial charge in [0, 0.05) is 0 Å². The number of alkyl halides is 1. The summed E-state index contributed by atoms with van der Waals surface area (Å²) in [6, 6.07) is -1.46. The van der Waals surface area contributed by atoms with Gasteiger partial charge < -0.3 is 15.5 Å². The number of carbonyl (C=O) groups is 3. The minimum Gasteiger partial charge on any atom is -0.481 e. The summed E-state index contributed by atoms with van der Waals surface area (Å²) in [6.45, 7) is 1.19. The van der Waals surface area contributed by atoms with Crippen LogP contribution in [0.25, 0.3) is 0 Å². The lowest BCUT2D eigenvalue weighted by Crippen LogP contribution is -2.47. The highest BCUT2D eigenvalue weighted by molar-refractivity contribution is 6.27. The third kappa shape index (κ3) is 3.61. The molecule has 0 aliphatic heterocycles. The summed E-state index contributed by atoms with van der Waals surface area (Å²) in [5.74, 6) is -5.03. The van der Waals surface area contributed by atoms with E-state index in [1.54, 1.807) is 0 Å². The molecule has 0 fully saturated rings. The number of nitrogens with one attached hydrogen (secondary N) is 1. The van der Waals surface area contributed by atoms with E-state index in [0.717, 1.165) is 0 Å². The molecule has 3 N–H and O–H groups in total. The molecule has 0 aliphatic carbocycles. The second-order valence-corrected chi connectivity index (χ2v) is 2.91. The van der Waals surface area contributed by atoms with Crippen molar-refractivity contribution in [2.24, 2.45) is 5.92 Å². The molecule has 1 amide bonds. The topological polar surface area (TPSA) is 104 Å². The Balaban J connectivity index is 4.52. The summed E-state index contributed by atoms with van der Waals surface area (Å²) >= 11 is 5.13. The van der Waals surface area contributed by atoms with E-state index in [4.69, 9.17) is 21.8 Å². The minimum atomic E-state index is -1.46. The van der Waals surface area contributed by atoms with Gasteiger partial charge in [-0.05, 0) is 6.92 Å². The molecule has 0 aromatic heterocycles. The van der Waals surface area contributed by atoms with E-state index < -0.39 is 35.7 Å². The van der Waals surface area contributed by atoms with Gasteiger partial charge in [0.2, 0.25) is 5.91 Å². The lowest BCUT2D eigenvalue weighted by atomic mass is 10.0. The second kappa shape index (κ2) is 5.43. The van der Waals surface area contributed by atoms with Gasteiger partial charge >= 0.3 is 11.9 Å². The minimum absolute atomic E-state index is 0.407. The summed E-state index contributed by atoms with van der Waals surface area (Å²) in [7, 11) is 0. The molecule has 6 nitrogen and oxygen atoms in total. The van der Waals surface area contributed by atoms with Crippen molar-refractivity contribution in [3.05, 3.63) is 0 Å². The van der Waals surface area contributed by atoms with Crippen LogP contribution in [0.5, 0.6) is 0 Å². The first-order valence-electron chi connectivity index (χ1n) is 3.71. The average molecular weight is 224 g/mol. The molecule has 2 unspecified atom stereocenters. The predicted octanol–water partition coefficient (Wildman–Crippen LogP) is -0.485. The van der Waals surface area contributed by atoms with Gasteiger partial charge in [-0.3, -0.25) is 9.59 Å². The van der Waals surface area contributed by atoms with Gasteiger partial charge in [0.25, 0.3) is 0 Å². The van der Waals surface area contributed by atoms with Crippen LogP contribution in [0.2, 0.25) is 0 Å². The molecule has 0 saturated carbocycles. The summed E-state index contributed by atoms with van der Waals surface area (Å²) in [6.07, 6.45) is 0. The van der Waals surface area contributed by atoms with E-state index in [0.29, 0.717) is 0 Å². The largest absolute Gasteiger partial charge is 0.481 e. The Bertz CT molecular complexity index is 254. The fourth-order valence-corrected chi connectivity index (χ4v) is 0.832. The Morgan fingerprint density at radius 1 is 1.29 bits per heavy atom. The van der Waals surface area contributed by atoms with E-state index in [1.807, 2.05) is 5.32 Å². The van der Waals surface area contributed by atoms with Crippen molar-refractivity contribution < 1.29 is 24.6 Å². The molecule has 0 aromatic rings. The fourth-order valence-electron chi connectivity index (χ4n) is 0.755. The maximum Gasteiger partial charge on any atom is 0.327 e. The lowest BCUT2D eigenvalue weighted by Gasteiger charge is -2.17. The number of carboxylic acid groups (broad SMARTS) is 2. The van der Waals surface area contributed by atoms with Crippen LogP contribution >= 0.6 is 11.6 Å². The van der Waals surface area contributed by atoms with Crippen molar-refractivity contribution in [2.75, 3.05) is 5.88 Å². The normalized spacial score (nSPS) is 14.1. The van der Waals surface area contributed by atoms with Crippen LogP contribution in [0.3, 0.4) is 0 Å². The molecule has 0 aliphatic rings. The number of rotatable bonds is 5. The fraction of sp³-hybridized carbons (Fsp3) is 0.571. The molecule has 0 spiro atoms. The van der Waals surface area contributed by atoms with Crippen LogP contribution in [0, 0.1) is 5.92 Å². The van der Waals surface area contributed by atoms with Gasteiger partial charge in [-0.15, -0.1) is 11.6 Å². The molecule has 80 valence electrons. The molecular weight excluding hydrogens is 214 g/mol. The highest BCUT2D eigenvalue weighted by Gasteiger charge is 2.30. The highest BCUT2D eigenvalue weighted by Crippen LogP contribution is 2.03. The summed E-state index contributed by atoms with van der Waals surface area (Å²) in [5, 5.41) is 19.2. The Hall–Kier alpha value is -1.30. The van der Waals surface area contributed by atoms with Crippen LogP contribution in [-0.2, 0) is 14.4 Å². The number of halogens is 1. The number of hydrogen-bond donors (Lipinski definition) is 3. The first-order chi connectivity index (χ1) is 6.40. The number of hydrogen-bond acceptors (Lipinski definition) is 3. The maximum atomic E-state index is 10.8. The van der Waals surface area contributed by atoms with Gasteiger partial charge in [-0.25, -0.2) is 4.79 Å². The summed E-state index contributed by atoms with van der Waals surface area (Å²) < 4.78 is 0. The van der Waals surface area contributed by atoms with Crippen molar-refractivity contribution in [3.8, 4) is 0 Å². The molecule has 0 bridgehead atoms. The molecule has 0 heterocycles. The van der Waals surface area contributed by atoms with Gasteiger partial charge in [-0.1, -0.05) is 0 Å². The first kappa shape index (κ1) is 12.7. The average Bonchev–Trinajstić information content (AvgIpc) is 2.11. The second-order valence-electron chi connectivity index (χ2n) is 2.64. The van der Waals surface area contributed by atoms with Crippen molar-refractivity contribution in [1.29, 1.82) is 0 Å². The van der Waals surface area contributed by atoms with Crippen LogP contribution in [-0.4, -0.2) is 40.0 Å². The Morgan fingerprint density at radius 3 is 2.07 bits per heavy atom. The summed E-state index contributed by atoms with van der Waals surface area (Å²) in [5.41, 5.74) is 0. The monoisotopic (exact) mass is 223 g/mol. The van der Waals surface area contributed by atoms with Gasteiger partial charge in [-0.2, -0.15) is 0 Å². The van der Waals surface area contributed by atoms with E-state index in [9.17, 15) is 14.4 Å². The lowest BCUT2D eigenvalue weighted by molar-refractivity contribution is -0.151. The molecule has 0 radical (unpaired) electrons. The standard InChI is InChI=1S/C7H10ClNO5/c1-3(6(11)12)5(7(13)14)9-4(10)2-8/h3,5H,2H2,1H3,(H,9,10)(H,11,12)(H,13,14). The van der Waals surface area contributed by atoms with Crippen molar-refractivity contribution in [1.82, 2.24) is 5.32 Å². The third-order valence-electron chi connectivity index (χ3n) is 1.59. The molecule has 14 heavy (non-hydrogen) atoms. The van der Waals surface area contributed by atoms with Gasteiger partial charge in [0.05, 0.1) is 5.92 Å². The van der Waals surface area contributed by atoms with Gasteiger partial charge in [0.1, 0.15) is 11.9 Å². The molecule has 0 rings (SSSR count). The SMILES string of the molecule is CC(C(=O)O)C(NC(=O)CCl)C(=O)O. The molecule has 7 heteroatoms. The Labute approximate surface area is 84.9 Å². The summed E-state index contributed by atoms with van der Waals surface area (Å²) in [4.78, 5) is 31.8. The van der Waals surface area contributed by atoms with E-state index in [-0.39, 0.29) is 0 Å². The number of amides is 1. The quantitative estimate of drug-likeness (QED) is 0.546. The highest BCUT2D eigenvalue weighted by atomic mass is 35.5. The van der Waals surface area contributed by atoms with Crippen molar-refractivity contribution in [3.63, 3.8) is 0 Å². The van der Waals surface area contributed by atoms with Crippen molar-refractivity contribution >= 4 is 29.4 Å². The van der Waals surface area contributed by atoms with Crippen LogP contribution < -0.4 is 5.32 Å². The number of aliphatic carboxylic acids is 2. The number of carbonyl (C=O) groups excluding carboxylic acids is 1. The van der Waals surface area contributed by atoms with Crippen LogP contribution in [0.15, 0.2) is 0 Å². The predicted molar refractivity (Wildman–Crippen MR) is 47.1 cm³/mol. The Morgan fingerprint density at radius 2 is 1.79 bits per heavy atom. The molecule has 0 aromatic carbocycles. The smallest absolute Gasteiger partial charge is 0.327 e. The molecule has 2 atom stereocenters. The van der Waals surface area contributed by atoms with E-state index in [1.165, 1.54) is 6.92 Å². The van der Waals surface area contributed by atoms with Crippen LogP contribution in [0.1, 0.15) is 6.92 Å². The zero-order valence-electron chi connectivity index (χ0n) is 7.36. The number of carboxylic acids is 2.